The highest BCUT2D eigenvalue weighted by molar-refractivity contribution is 5.81. The number of carbonyl (C=O) groups excluding carboxylic acids is 1. The zero-order valence-electron chi connectivity index (χ0n) is 8.60. The van der Waals surface area contributed by atoms with Crippen LogP contribution in [0.4, 0.5) is 0 Å². The molecule has 2 fully saturated rings. The van der Waals surface area contributed by atoms with Crippen LogP contribution in [0.1, 0.15) is 46.0 Å². The number of amides is 1. The zero-order valence-corrected chi connectivity index (χ0v) is 8.60. The molecule has 0 radical (unpaired) electrons. The number of hydrogen-bond donors (Lipinski definition) is 1. The highest BCUT2D eigenvalue weighted by Crippen LogP contribution is 2.37. The van der Waals surface area contributed by atoms with E-state index >= 15 is 0 Å². The van der Waals surface area contributed by atoms with E-state index in [2.05, 4.69) is 19.2 Å². The van der Waals surface area contributed by atoms with Gasteiger partial charge in [0.05, 0.1) is 0 Å². The van der Waals surface area contributed by atoms with Crippen LogP contribution in [0.15, 0.2) is 0 Å². The Hall–Kier alpha value is -0.530. The van der Waals surface area contributed by atoms with E-state index in [0.29, 0.717) is 5.92 Å². The SMILES string of the molecule is CC(C)(NC(=O)C1CC1)C1CCC1. The summed E-state index contributed by atoms with van der Waals surface area (Å²) in [6, 6.07) is 0. The lowest BCUT2D eigenvalue weighted by atomic mass is 9.72. The van der Waals surface area contributed by atoms with Crippen molar-refractivity contribution < 1.29 is 4.79 Å². The summed E-state index contributed by atoms with van der Waals surface area (Å²) < 4.78 is 0. The Balaban J connectivity index is 1.86. The predicted octanol–water partition coefficient (Wildman–Crippen LogP) is 2.09. The van der Waals surface area contributed by atoms with Gasteiger partial charge in [-0.15, -0.1) is 0 Å². The Bertz CT molecular complexity index is 214. The molecule has 1 N–H and O–H groups in total. The summed E-state index contributed by atoms with van der Waals surface area (Å²) in [5.74, 6) is 1.35. The third-order valence-electron chi connectivity index (χ3n) is 3.52. The molecule has 1 amide bonds. The molecule has 0 atom stereocenters. The lowest BCUT2D eigenvalue weighted by molar-refractivity contribution is -0.124. The third-order valence-corrected chi connectivity index (χ3v) is 3.52. The quantitative estimate of drug-likeness (QED) is 0.709. The normalized spacial score (nSPS) is 23.8. The minimum Gasteiger partial charge on any atom is -0.351 e. The summed E-state index contributed by atoms with van der Waals surface area (Å²) in [7, 11) is 0. The summed E-state index contributed by atoms with van der Waals surface area (Å²) in [5, 5.41) is 3.18. The van der Waals surface area contributed by atoms with Crippen molar-refractivity contribution >= 4 is 5.91 Å². The van der Waals surface area contributed by atoms with Gasteiger partial charge in [-0.3, -0.25) is 4.79 Å². The maximum atomic E-state index is 11.6. The fraction of sp³-hybridized carbons (Fsp3) is 0.909. The van der Waals surface area contributed by atoms with Crippen LogP contribution in [0, 0.1) is 11.8 Å². The van der Waals surface area contributed by atoms with Gasteiger partial charge in [0.15, 0.2) is 0 Å². The van der Waals surface area contributed by atoms with Crippen molar-refractivity contribution in [3.8, 4) is 0 Å². The predicted molar refractivity (Wildman–Crippen MR) is 52.3 cm³/mol. The molecule has 0 aromatic heterocycles. The minimum absolute atomic E-state index is 0.0396. The Morgan fingerprint density at radius 1 is 1.23 bits per heavy atom. The molecule has 2 aliphatic carbocycles. The van der Waals surface area contributed by atoms with Gasteiger partial charge in [0.25, 0.3) is 0 Å². The van der Waals surface area contributed by atoms with Crippen molar-refractivity contribution in [2.75, 3.05) is 0 Å². The molecule has 13 heavy (non-hydrogen) atoms. The van der Waals surface area contributed by atoms with Gasteiger partial charge < -0.3 is 5.32 Å². The maximum Gasteiger partial charge on any atom is 0.223 e. The van der Waals surface area contributed by atoms with E-state index in [4.69, 9.17) is 0 Å². The molecular weight excluding hydrogens is 162 g/mol. The van der Waals surface area contributed by atoms with Crippen LogP contribution in [-0.4, -0.2) is 11.4 Å². The van der Waals surface area contributed by atoms with Crippen molar-refractivity contribution in [2.45, 2.75) is 51.5 Å². The Morgan fingerprint density at radius 3 is 2.23 bits per heavy atom. The second-order valence-electron chi connectivity index (χ2n) is 5.11. The molecule has 0 unspecified atom stereocenters. The van der Waals surface area contributed by atoms with E-state index in [1.807, 2.05) is 0 Å². The topological polar surface area (TPSA) is 29.1 Å². The minimum atomic E-state index is 0.0396. The molecule has 0 heterocycles. The lowest BCUT2D eigenvalue weighted by Crippen LogP contribution is -2.51. The Morgan fingerprint density at radius 2 is 1.85 bits per heavy atom. The van der Waals surface area contributed by atoms with Gasteiger partial charge in [-0.05, 0) is 45.4 Å². The number of rotatable bonds is 3. The van der Waals surface area contributed by atoms with Crippen LogP contribution in [-0.2, 0) is 4.79 Å². The fourth-order valence-corrected chi connectivity index (χ4v) is 2.00. The van der Waals surface area contributed by atoms with Gasteiger partial charge in [-0.2, -0.15) is 0 Å². The molecule has 0 bridgehead atoms. The summed E-state index contributed by atoms with van der Waals surface area (Å²) >= 11 is 0. The lowest BCUT2D eigenvalue weighted by Gasteiger charge is -2.41. The summed E-state index contributed by atoms with van der Waals surface area (Å²) in [6.07, 6.45) is 6.13. The first-order chi connectivity index (χ1) is 6.09. The van der Waals surface area contributed by atoms with Gasteiger partial charge in [-0.25, -0.2) is 0 Å². The molecule has 2 rings (SSSR count). The van der Waals surface area contributed by atoms with Crippen LogP contribution in [0.3, 0.4) is 0 Å². The van der Waals surface area contributed by atoms with Gasteiger partial charge in [0.1, 0.15) is 0 Å². The second kappa shape index (κ2) is 3.00. The zero-order chi connectivity index (χ0) is 9.47. The van der Waals surface area contributed by atoms with E-state index in [1.54, 1.807) is 0 Å². The largest absolute Gasteiger partial charge is 0.351 e. The van der Waals surface area contributed by atoms with Crippen molar-refractivity contribution in [2.24, 2.45) is 11.8 Å². The number of hydrogen-bond acceptors (Lipinski definition) is 1. The first-order valence-electron chi connectivity index (χ1n) is 5.41. The average molecular weight is 181 g/mol. The van der Waals surface area contributed by atoms with Gasteiger partial charge in [0, 0.05) is 11.5 Å². The Kier molecular flexibility index (Phi) is 2.09. The highest BCUT2D eigenvalue weighted by Gasteiger charge is 2.38. The van der Waals surface area contributed by atoms with Crippen molar-refractivity contribution in [1.82, 2.24) is 5.32 Å². The van der Waals surface area contributed by atoms with Crippen LogP contribution in [0.25, 0.3) is 0 Å². The van der Waals surface area contributed by atoms with E-state index in [-0.39, 0.29) is 11.4 Å². The van der Waals surface area contributed by atoms with Gasteiger partial charge in [0.2, 0.25) is 5.91 Å². The highest BCUT2D eigenvalue weighted by atomic mass is 16.2. The number of nitrogens with one attached hydrogen (secondary N) is 1. The molecule has 2 aliphatic rings. The molecule has 0 aromatic rings. The van der Waals surface area contributed by atoms with Gasteiger partial charge in [-0.1, -0.05) is 6.42 Å². The summed E-state index contributed by atoms with van der Waals surface area (Å²) in [4.78, 5) is 11.6. The molecule has 0 aliphatic heterocycles. The summed E-state index contributed by atoms with van der Waals surface area (Å²) in [5.41, 5.74) is 0.0396. The number of carbonyl (C=O) groups is 1. The van der Waals surface area contributed by atoms with Crippen LogP contribution >= 0.6 is 0 Å². The molecule has 74 valence electrons. The van der Waals surface area contributed by atoms with Crippen molar-refractivity contribution in [3.05, 3.63) is 0 Å². The molecule has 2 nitrogen and oxygen atoms in total. The maximum absolute atomic E-state index is 11.6. The fourth-order valence-electron chi connectivity index (χ4n) is 2.00. The third kappa shape index (κ3) is 1.87. The van der Waals surface area contributed by atoms with E-state index in [1.165, 1.54) is 19.3 Å². The Labute approximate surface area is 80.1 Å². The first-order valence-corrected chi connectivity index (χ1v) is 5.41. The molecule has 0 aromatic carbocycles. The average Bonchev–Trinajstić information content (AvgIpc) is 2.57. The monoisotopic (exact) mass is 181 g/mol. The van der Waals surface area contributed by atoms with Gasteiger partial charge >= 0.3 is 0 Å². The van der Waals surface area contributed by atoms with E-state index in [9.17, 15) is 4.79 Å². The molecule has 0 spiro atoms. The second-order valence-corrected chi connectivity index (χ2v) is 5.11. The van der Waals surface area contributed by atoms with Crippen LogP contribution < -0.4 is 5.32 Å². The smallest absolute Gasteiger partial charge is 0.223 e. The van der Waals surface area contributed by atoms with Crippen LogP contribution in [0.5, 0.6) is 0 Å². The van der Waals surface area contributed by atoms with E-state index < -0.39 is 0 Å². The molecule has 2 heteroatoms. The van der Waals surface area contributed by atoms with Crippen LogP contribution in [0.2, 0.25) is 0 Å². The van der Waals surface area contributed by atoms with Crippen molar-refractivity contribution in [3.63, 3.8) is 0 Å². The van der Waals surface area contributed by atoms with E-state index in [0.717, 1.165) is 18.8 Å². The first kappa shape index (κ1) is 9.04. The molecular formula is C11H19NO. The molecule has 2 saturated carbocycles. The summed E-state index contributed by atoms with van der Waals surface area (Å²) in [6.45, 7) is 4.33. The van der Waals surface area contributed by atoms with Crippen molar-refractivity contribution in [1.29, 1.82) is 0 Å². The molecule has 0 saturated heterocycles. The standard InChI is InChI=1S/C11H19NO/c1-11(2,9-4-3-5-9)12-10(13)8-6-7-8/h8-9H,3-7H2,1-2H3,(H,12,13).